The molecule has 2 aromatic carbocycles. The zero-order chi connectivity index (χ0) is 28.7. The van der Waals surface area contributed by atoms with Gasteiger partial charge >= 0.3 is 6.09 Å². The number of halogens is 2. The van der Waals surface area contributed by atoms with Crippen molar-refractivity contribution < 1.29 is 23.1 Å². The monoisotopic (exact) mass is 574 g/mol. The summed E-state index contributed by atoms with van der Waals surface area (Å²) < 4.78 is 26.7. The van der Waals surface area contributed by atoms with Gasteiger partial charge in [-0.2, -0.15) is 0 Å². The minimum Gasteiger partial charge on any atom is -0.444 e. The molecule has 0 radical (unpaired) electrons. The summed E-state index contributed by atoms with van der Waals surface area (Å²) in [5.41, 5.74) is 0.182. The van der Waals surface area contributed by atoms with Crippen LogP contribution < -0.4 is 10.2 Å². The predicted octanol–water partition coefficient (Wildman–Crippen LogP) is 6.75. The molecule has 0 aliphatic carbocycles. The summed E-state index contributed by atoms with van der Waals surface area (Å²) in [5, 5.41) is 11.0. The van der Waals surface area contributed by atoms with Crippen molar-refractivity contribution in [3.63, 3.8) is 0 Å². The molecule has 0 saturated carbocycles. The Morgan fingerprint density at radius 2 is 1.82 bits per heavy atom. The number of carbonyl (C=O) groups is 2. The van der Waals surface area contributed by atoms with Gasteiger partial charge in [-0.25, -0.2) is 9.18 Å². The summed E-state index contributed by atoms with van der Waals surface area (Å²) in [6.45, 7) is 12.9. The molecule has 1 aromatic heterocycles. The van der Waals surface area contributed by atoms with Crippen LogP contribution in [0.5, 0.6) is 0 Å². The molecule has 4 rings (SSSR count). The Balaban J connectivity index is 1.79. The number of nitrogens with zero attached hydrogens (tertiary/aromatic N) is 3. The van der Waals surface area contributed by atoms with E-state index in [1.807, 2.05) is 32.9 Å². The number of rotatable bonds is 4. The Hall–Kier alpha value is -3.11. The molecule has 39 heavy (non-hydrogen) atoms. The fraction of sp³-hybridized carbons (Fsp3) is 0.429. The smallest absolute Gasteiger partial charge is 0.408 e. The maximum atomic E-state index is 15.5. The van der Waals surface area contributed by atoms with Crippen molar-refractivity contribution in [3.8, 4) is 11.5 Å². The zero-order valence-electron chi connectivity index (χ0n) is 23.0. The highest BCUT2D eigenvalue weighted by atomic mass is 35.5. The van der Waals surface area contributed by atoms with Crippen molar-refractivity contribution in [1.82, 2.24) is 15.5 Å². The summed E-state index contributed by atoms with van der Waals surface area (Å²) in [7, 11) is 0. The highest BCUT2D eigenvalue weighted by molar-refractivity contribution is 8.00. The lowest BCUT2D eigenvalue weighted by atomic mass is 9.97. The Morgan fingerprint density at radius 1 is 1.15 bits per heavy atom. The van der Waals surface area contributed by atoms with Gasteiger partial charge in [0.1, 0.15) is 17.5 Å². The first-order valence-corrected chi connectivity index (χ1v) is 13.8. The maximum absolute atomic E-state index is 15.5. The number of alkyl carbamates (subject to hydrolysis) is 1. The minimum atomic E-state index is -0.938. The van der Waals surface area contributed by atoms with E-state index in [0.29, 0.717) is 21.5 Å². The normalized spacial score (nSPS) is 18.0. The molecule has 0 fully saturated rings. The van der Waals surface area contributed by atoms with E-state index >= 15 is 4.39 Å². The van der Waals surface area contributed by atoms with E-state index in [4.69, 9.17) is 20.8 Å². The van der Waals surface area contributed by atoms with Crippen LogP contribution in [0.1, 0.15) is 59.9 Å². The molecule has 11 heteroatoms. The number of anilines is 1. The lowest BCUT2D eigenvalue weighted by Gasteiger charge is -2.28. The third-order valence-electron chi connectivity index (χ3n) is 5.88. The maximum Gasteiger partial charge on any atom is 0.408 e. The zero-order valence-corrected chi connectivity index (χ0v) is 24.5. The fourth-order valence-corrected chi connectivity index (χ4v) is 5.26. The number of hydrogen-bond acceptors (Lipinski definition) is 7. The molecular weight excluding hydrogens is 543 g/mol. The Morgan fingerprint density at radius 3 is 2.41 bits per heavy atom. The molecule has 1 N–H and O–H groups in total. The second-order valence-corrected chi connectivity index (χ2v) is 13.3. The Kier molecular flexibility index (Phi) is 8.01. The molecule has 1 aliphatic heterocycles. The lowest BCUT2D eigenvalue weighted by molar-refractivity contribution is -0.120. The molecule has 2 atom stereocenters. The molecule has 0 saturated heterocycles. The van der Waals surface area contributed by atoms with Gasteiger partial charge in [0.05, 0.1) is 17.8 Å². The van der Waals surface area contributed by atoms with Gasteiger partial charge in [0.2, 0.25) is 5.89 Å². The van der Waals surface area contributed by atoms with Gasteiger partial charge in [0.15, 0.2) is 0 Å². The molecule has 8 nitrogen and oxygen atoms in total. The molecule has 1 aliphatic rings. The number of ether oxygens (including phenoxy) is 1. The van der Waals surface area contributed by atoms with Crippen molar-refractivity contribution in [2.75, 3.05) is 4.90 Å². The van der Waals surface area contributed by atoms with Gasteiger partial charge in [0.25, 0.3) is 11.8 Å². The van der Waals surface area contributed by atoms with Crippen molar-refractivity contribution in [1.29, 1.82) is 0 Å². The van der Waals surface area contributed by atoms with Crippen molar-refractivity contribution >= 4 is 41.1 Å². The standard InChI is InChI=1S/C28H32ClFN4O4S/c1-15-22(31-26(36)38-28(5,6)7)24(35)34(14-16-8-10-17(29)11-9-16)20-12-18(19(30)13-21(20)39-15)23-32-33-25(37-23)27(2,3)4/h8-13,15,22H,14H2,1-7H3,(H,31,36)/t15-,22+/m1/s1. The van der Waals surface area contributed by atoms with E-state index in [1.165, 1.54) is 22.7 Å². The van der Waals surface area contributed by atoms with Crippen molar-refractivity contribution in [2.24, 2.45) is 0 Å². The number of fused-ring (bicyclic) bond motifs is 1. The van der Waals surface area contributed by atoms with Crippen LogP contribution in [0.2, 0.25) is 5.02 Å². The quantitative estimate of drug-likeness (QED) is 0.368. The number of thioether (sulfide) groups is 1. The molecule has 3 aromatic rings. The van der Waals surface area contributed by atoms with Gasteiger partial charge in [0, 0.05) is 20.6 Å². The van der Waals surface area contributed by atoms with Gasteiger partial charge < -0.3 is 19.4 Å². The van der Waals surface area contributed by atoms with Crippen LogP contribution in [-0.2, 0) is 21.5 Å². The SMILES string of the molecule is C[C@H]1Sc2cc(F)c(-c3nnc(C(C)(C)C)o3)cc2N(Cc2ccc(Cl)cc2)C(=O)[C@H]1NC(=O)OC(C)(C)C. The summed E-state index contributed by atoms with van der Waals surface area (Å²) in [6.07, 6.45) is -0.710. The summed E-state index contributed by atoms with van der Waals surface area (Å²) in [5.74, 6) is -0.543. The lowest BCUT2D eigenvalue weighted by Crippen LogP contribution is -2.52. The molecule has 208 valence electrons. The number of amides is 2. The van der Waals surface area contributed by atoms with Crippen molar-refractivity contribution in [3.05, 3.63) is 58.7 Å². The van der Waals surface area contributed by atoms with Gasteiger partial charge in [-0.05, 0) is 50.6 Å². The van der Waals surface area contributed by atoms with Crippen molar-refractivity contribution in [2.45, 2.75) is 82.2 Å². The largest absolute Gasteiger partial charge is 0.444 e. The second-order valence-electron chi connectivity index (χ2n) is 11.5. The van der Waals surface area contributed by atoms with E-state index in [0.717, 1.165) is 5.56 Å². The summed E-state index contributed by atoms with van der Waals surface area (Å²) >= 11 is 7.36. The van der Waals surface area contributed by atoms with Gasteiger partial charge in [-0.3, -0.25) is 4.79 Å². The van der Waals surface area contributed by atoms with E-state index in [2.05, 4.69) is 15.5 Å². The Bertz CT molecular complexity index is 1380. The molecule has 0 unspecified atom stereocenters. The van der Waals surface area contributed by atoms with Crippen LogP contribution in [0.15, 0.2) is 45.7 Å². The molecule has 2 heterocycles. The number of aromatic nitrogens is 2. The van der Waals surface area contributed by atoms with E-state index in [-0.39, 0.29) is 23.9 Å². The second kappa shape index (κ2) is 10.8. The van der Waals surface area contributed by atoms with Crippen LogP contribution in [0, 0.1) is 5.82 Å². The van der Waals surface area contributed by atoms with E-state index < -0.39 is 34.2 Å². The van der Waals surface area contributed by atoms with Crippen LogP contribution in [0.25, 0.3) is 11.5 Å². The van der Waals surface area contributed by atoms with E-state index in [9.17, 15) is 9.59 Å². The first-order chi connectivity index (χ1) is 18.1. The summed E-state index contributed by atoms with van der Waals surface area (Å²) in [4.78, 5) is 28.8. The van der Waals surface area contributed by atoms with Crippen LogP contribution in [-0.4, -0.2) is 39.1 Å². The third-order valence-corrected chi connectivity index (χ3v) is 7.35. The van der Waals surface area contributed by atoms with Crippen LogP contribution in [0.4, 0.5) is 14.9 Å². The molecular formula is C28H32ClFN4O4S. The first kappa shape index (κ1) is 28.9. The summed E-state index contributed by atoms with van der Waals surface area (Å²) in [6, 6.07) is 9.06. The molecule has 0 spiro atoms. The van der Waals surface area contributed by atoms with Crippen LogP contribution >= 0.6 is 23.4 Å². The molecule has 0 bridgehead atoms. The number of carbonyl (C=O) groups excluding carboxylic acids is 2. The van der Waals surface area contributed by atoms with Crippen LogP contribution in [0.3, 0.4) is 0 Å². The topological polar surface area (TPSA) is 97.6 Å². The minimum absolute atomic E-state index is 0.0184. The fourth-order valence-electron chi connectivity index (χ4n) is 3.95. The number of nitrogens with one attached hydrogen (secondary N) is 1. The van der Waals surface area contributed by atoms with E-state index in [1.54, 1.807) is 45.9 Å². The highest BCUT2D eigenvalue weighted by Gasteiger charge is 2.38. The van der Waals surface area contributed by atoms with Gasteiger partial charge in [-0.1, -0.05) is 51.4 Å². The number of benzene rings is 2. The molecule has 2 amide bonds. The predicted molar refractivity (Wildman–Crippen MR) is 150 cm³/mol. The third kappa shape index (κ3) is 6.73. The number of hydrogen-bond donors (Lipinski definition) is 1. The average Bonchev–Trinajstić information content (AvgIpc) is 3.29. The van der Waals surface area contributed by atoms with Gasteiger partial charge in [-0.15, -0.1) is 22.0 Å². The Labute approximate surface area is 236 Å². The highest BCUT2D eigenvalue weighted by Crippen LogP contribution is 2.42. The first-order valence-electron chi connectivity index (χ1n) is 12.5. The average molecular weight is 575 g/mol.